The fourth-order valence-electron chi connectivity index (χ4n) is 2.16. The van der Waals surface area contributed by atoms with Crippen LogP contribution in [0.1, 0.15) is 11.4 Å². The molecule has 0 unspecified atom stereocenters. The molecular formula is C14H14N2O3. The maximum absolute atomic E-state index is 11.2. The number of imidazole rings is 1. The van der Waals surface area contributed by atoms with Crippen LogP contribution in [0.15, 0.2) is 24.4 Å². The minimum Gasteiger partial charge on any atom is -0.493 e. The molecule has 0 bridgehead atoms. The summed E-state index contributed by atoms with van der Waals surface area (Å²) in [6.07, 6.45) is 2.83. The van der Waals surface area contributed by atoms with Crippen LogP contribution in [-0.2, 0) is 22.4 Å². The zero-order valence-corrected chi connectivity index (χ0v) is 10.6. The number of nitrogens with one attached hydrogen (secondary N) is 1. The average Bonchev–Trinajstić information content (AvgIpc) is 3.05. The van der Waals surface area contributed by atoms with Crippen molar-refractivity contribution in [3.63, 3.8) is 0 Å². The standard InChI is InChI=1S/C14H14N2O3/c1-18-14(17)7-13-15-8-11(16-13)9-2-3-12-10(6-9)4-5-19-12/h2-3,6,8H,4-5,7H2,1H3,(H,15,16). The lowest BCUT2D eigenvalue weighted by molar-refractivity contribution is -0.139. The number of ether oxygens (including phenoxy) is 2. The zero-order chi connectivity index (χ0) is 13.2. The van der Waals surface area contributed by atoms with Crippen molar-refractivity contribution in [3.8, 4) is 17.0 Å². The van der Waals surface area contributed by atoms with E-state index in [2.05, 4.69) is 20.8 Å². The molecule has 0 aliphatic carbocycles. The third kappa shape index (κ3) is 2.31. The number of benzene rings is 1. The normalized spacial score (nSPS) is 12.9. The van der Waals surface area contributed by atoms with E-state index in [1.165, 1.54) is 12.7 Å². The van der Waals surface area contributed by atoms with Crippen molar-refractivity contribution in [2.75, 3.05) is 13.7 Å². The quantitative estimate of drug-likeness (QED) is 0.851. The van der Waals surface area contributed by atoms with Crippen LogP contribution in [0.5, 0.6) is 5.75 Å². The summed E-state index contributed by atoms with van der Waals surface area (Å²) in [5, 5.41) is 0. The van der Waals surface area contributed by atoms with Gasteiger partial charge in [0.2, 0.25) is 0 Å². The number of fused-ring (bicyclic) bond motifs is 1. The van der Waals surface area contributed by atoms with Gasteiger partial charge in [-0.2, -0.15) is 0 Å². The number of hydrogen-bond acceptors (Lipinski definition) is 4. The second-order valence-electron chi connectivity index (χ2n) is 4.42. The average molecular weight is 258 g/mol. The highest BCUT2D eigenvalue weighted by Gasteiger charge is 2.14. The molecule has 1 aromatic carbocycles. The predicted molar refractivity (Wildman–Crippen MR) is 68.9 cm³/mol. The van der Waals surface area contributed by atoms with E-state index in [1.807, 2.05) is 12.1 Å². The number of aromatic nitrogens is 2. The Bertz CT molecular complexity index is 619. The fraction of sp³-hybridized carbons (Fsp3) is 0.286. The first kappa shape index (κ1) is 11.8. The molecule has 1 aliphatic rings. The molecule has 5 nitrogen and oxygen atoms in total. The Hall–Kier alpha value is -2.30. The molecule has 0 spiro atoms. The Morgan fingerprint density at radius 1 is 1.53 bits per heavy atom. The molecule has 0 radical (unpaired) electrons. The number of rotatable bonds is 3. The van der Waals surface area contributed by atoms with Gasteiger partial charge in [-0.25, -0.2) is 4.98 Å². The van der Waals surface area contributed by atoms with Crippen molar-refractivity contribution in [1.82, 2.24) is 9.97 Å². The van der Waals surface area contributed by atoms with Crippen LogP contribution in [0.3, 0.4) is 0 Å². The number of esters is 1. The van der Waals surface area contributed by atoms with Gasteiger partial charge in [-0.3, -0.25) is 4.79 Å². The molecule has 0 atom stereocenters. The molecule has 3 rings (SSSR count). The lowest BCUT2D eigenvalue weighted by Crippen LogP contribution is -2.05. The van der Waals surface area contributed by atoms with Gasteiger partial charge < -0.3 is 14.5 Å². The van der Waals surface area contributed by atoms with E-state index in [1.54, 1.807) is 6.20 Å². The van der Waals surface area contributed by atoms with Gasteiger partial charge >= 0.3 is 5.97 Å². The van der Waals surface area contributed by atoms with E-state index in [9.17, 15) is 4.79 Å². The SMILES string of the molecule is COC(=O)Cc1ncc(-c2ccc3c(c2)CCO3)[nH]1. The van der Waals surface area contributed by atoms with Crippen molar-refractivity contribution in [3.05, 3.63) is 35.8 Å². The fourth-order valence-corrected chi connectivity index (χ4v) is 2.16. The maximum atomic E-state index is 11.2. The molecule has 2 heterocycles. The Morgan fingerprint density at radius 3 is 3.26 bits per heavy atom. The Kier molecular flexibility index (Phi) is 2.95. The van der Waals surface area contributed by atoms with Gasteiger partial charge in [-0.15, -0.1) is 0 Å². The van der Waals surface area contributed by atoms with Gasteiger partial charge in [0.05, 0.1) is 25.6 Å². The minimum absolute atomic E-state index is 0.157. The molecule has 1 aromatic heterocycles. The zero-order valence-electron chi connectivity index (χ0n) is 10.6. The van der Waals surface area contributed by atoms with Crippen LogP contribution in [0.4, 0.5) is 0 Å². The summed E-state index contributed by atoms with van der Waals surface area (Å²) in [5.41, 5.74) is 3.16. The van der Waals surface area contributed by atoms with Crippen molar-refractivity contribution >= 4 is 5.97 Å². The van der Waals surface area contributed by atoms with Crippen molar-refractivity contribution in [2.24, 2.45) is 0 Å². The molecule has 1 aliphatic heterocycles. The van der Waals surface area contributed by atoms with Crippen LogP contribution in [0, 0.1) is 0 Å². The summed E-state index contributed by atoms with van der Waals surface area (Å²) in [7, 11) is 1.37. The monoisotopic (exact) mass is 258 g/mol. The molecule has 2 aromatic rings. The summed E-state index contributed by atoms with van der Waals surface area (Å²) in [4.78, 5) is 18.5. The number of aromatic amines is 1. The molecule has 0 fully saturated rings. The second kappa shape index (κ2) is 4.76. The lowest BCUT2D eigenvalue weighted by atomic mass is 10.1. The highest BCUT2D eigenvalue weighted by atomic mass is 16.5. The number of hydrogen-bond donors (Lipinski definition) is 1. The largest absolute Gasteiger partial charge is 0.493 e. The van der Waals surface area contributed by atoms with E-state index in [0.29, 0.717) is 5.82 Å². The molecule has 98 valence electrons. The molecule has 1 N–H and O–H groups in total. The van der Waals surface area contributed by atoms with Crippen LogP contribution < -0.4 is 4.74 Å². The number of nitrogens with zero attached hydrogens (tertiary/aromatic N) is 1. The first-order valence-electron chi connectivity index (χ1n) is 6.13. The molecule has 0 saturated carbocycles. The van der Waals surface area contributed by atoms with Gasteiger partial charge in [0.15, 0.2) is 0 Å². The van der Waals surface area contributed by atoms with E-state index < -0.39 is 0 Å². The second-order valence-corrected chi connectivity index (χ2v) is 4.42. The van der Waals surface area contributed by atoms with Gasteiger partial charge in [0.25, 0.3) is 0 Å². The molecule has 19 heavy (non-hydrogen) atoms. The predicted octanol–water partition coefficient (Wildman–Crippen LogP) is 1.73. The van der Waals surface area contributed by atoms with E-state index >= 15 is 0 Å². The third-order valence-corrected chi connectivity index (χ3v) is 3.17. The number of H-pyrrole nitrogens is 1. The van der Waals surface area contributed by atoms with Gasteiger partial charge in [0, 0.05) is 12.0 Å². The third-order valence-electron chi connectivity index (χ3n) is 3.17. The first-order valence-corrected chi connectivity index (χ1v) is 6.13. The topological polar surface area (TPSA) is 64.2 Å². The summed E-state index contributed by atoms with van der Waals surface area (Å²) < 4.78 is 10.1. The van der Waals surface area contributed by atoms with Crippen LogP contribution in [-0.4, -0.2) is 29.7 Å². The molecule has 5 heteroatoms. The first-order chi connectivity index (χ1) is 9.26. The van der Waals surface area contributed by atoms with Gasteiger partial charge in [0.1, 0.15) is 18.0 Å². The maximum Gasteiger partial charge on any atom is 0.313 e. The Balaban J connectivity index is 1.84. The number of carbonyl (C=O) groups is 1. The molecule has 0 saturated heterocycles. The minimum atomic E-state index is -0.303. The van der Waals surface area contributed by atoms with Crippen LogP contribution in [0.25, 0.3) is 11.3 Å². The summed E-state index contributed by atoms with van der Waals surface area (Å²) in [6.45, 7) is 0.745. The Morgan fingerprint density at radius 2 is 2.42 bits per heavy atom. The number of methoxy groups -OCH3 is 1. The Labute approximate surface area is 110 Å². The van der Waals surface area contributed by atoms with Crippen LogP contribution >= 0.6 is 0 Å². The van der Waals surface area contributed by atoms with Gasteiger partial charge in [-0.05, 0) is 23.8 Å². The van der Waals surface area contributed by atoms with Gasteiger partial charge in [-0.1, -0.05) is 0 Å². The molecular weight excluding hydrogens is 244 g/mol. The van der Waals surface area contributed by atoms with Crippen molar-refractivity contribution < 1.29 is 14.3 Å². The highest BCUT2D eigenvalue weighted by molar-refractivity contribution is 5.72. The summed E-state index contributed by atoms with van der Waals surface area (Å²) in [5.74, 6) is 1.26. The molecule has 0 amide bonds. The van der Waals surface area contributed by atoms with Crippen molar-refractivity contribution in [1.29, 1.82) is 0 Å². The highest BCUT2D eigenvalue weighted by Crippen LogP contribution is 2.29. The smallest absolute Gasteiger partial charge is 0.313 e. The summed E-state index contributed by atoms with van der Waals surface area (Å²) in [6, 6.07) is 6.05. The van der Waals surface area contributed by atoms with E-state index in [0.717, 1.165) is 30.0 Å². The van der Waals surface area contributed by atoms with Crippen LogP contribution in [0.2, 0.25) is 0 Å². The van der Waals surface area contributed by atoms with E-state index in [4.69, 9.17) is 4.74 Å². The van der Waals surface area contributed by atoms with Crippen molar-refractivity contribution in [2.45, 2.75) is 12.8 Å². The number of carbonyl (C=O) groups excluding carboxylic acids is 1. The lowest BCUT2D eigenvalue weighted by Gasteiger charge is -2.01. The summed E-state index contributed by atoms with van der Waals surface area (Å²) >= 11 is 0. The van der Waals surface area contributed by atoms with E-state index in [-0.39, 0.29) is 12.4 Å².